The van der Waals surface area contributed by atoms with Crippen molar-refractivity contribution < 1.29 is 19.0 Å². The van der Waals surface area contributed by atoms with E-state index >= 15 is 0 Å². The van der Waals surface area contributed by atoms with Crippen LogP contribution in [0.25, 0.3) is 0 Å². The second kappa shape index (κ2) is 12.3. The van der Waals surface area contributed by atoms with Gasteiger partial charge in [0.05, 0.1) is 6.61 Å². The summed E-state index contributed by atoms with van der Waals surface area (Å²) in [5, 5.41) is 9.02. The molecule has 0 aromatic rings. The van der Waals surface area contributed by atoms with Crippen molar-refractivity contribution in [3.8, 4) is 0 Å². The van der Waals surface area contributed by atoms with Crippen molar-refractivity contribution in [2.45, 2.75) is 66.7 Å². The predicted molar refractivity (Wildman–Crippen MR) is 102 cm³/mol. The van der Waals surface area contributed by atoms with Crippen LogP contribution >= 0.6 is 7.37 Å². The number of carboxylic acid groups (broad SMARTS) is 1. The molecule has 0 saturated carbocycles. The van der Waals surface area contributed by atoms with Crippen molar-refractivity contribution in [3.63, 3.8) is 0 Å². The Morgan fingerprint density at radius 3 is 1.92 bits per heavy atom. The minimum atomic E-state index is -3.56. The van der Waals surface area contributed by atoms with Crippen LogP contribution in [0, 0.1) is 0 Å². The van der Waals surface area contributed by atoms with E-state index in [2.05, 4.69) is 32.9 Å². The molecule has 1 unspecified atom stereocenters. The lowest BCUT2D eigenvalue weighted by Crippen LogP contribution is -2.04. The van der Waals surface area contributed by atoms with Gasteiger partial charge in [0.1, 0.15) is 0 Å². The highest BCUT2D eigenvalue weighted by atomic mass is 31.2. The zero-order valence-electron chi connectivity index (χ0n) is 15.8. The molecule has 0 aliphatic carbocycles. The Morgan fingerprint density at radius 1 is 0.958 bits per heavy atom. The van der Waals surface area contributed by atoms with Gasteiger partial charge in [0.15, 0.2) is 0 Å². The van der Waals surface area contributed by atoms with Crippen LogP contribution in [0.15, 0.2) is 34.9 Å². The molecule has 1 atom stereocenters. The molecule has 0 heterocycles. The van der Waals surface area contributed by atoms with Gasteiger partial charge >= 0.3 is 13.1 Å². The van der Waals surface area contributed by atoms with Crippen LogP contribution in [0.2, 0.25) is 0 Å². The van der Waals surface area contributed by atoms with Crippen LogP contribution < -0.4 is 0 Å². The first-order valence-electron chi connectivity index (χ1n) is 8.63. The van der Waals surface area contributed by atoms with Crippen LogP contribution in [0.1, 0.15) is 66.7 Å². The molecule has 1 N–H and O–H groups in total. The molecule has 0 aliphatic rings. The molecular formula is C19H33O4P. The lowest BCUT2D eigenvalue weighted by atomic mass is 10.1. The Bertz CT molecular complexity index is 525. The minimum absolute atomic E-state index is 0.0606. The zero-order valence-corrected chi connectivity index (χ0v) is 16.7. The van der Waals surface area contributed by atoms with E-state index in [1.54, 1.807) is 6.92 Å². The summed E-state index contributed by atoms with van der Waals surface area (Å²) in [5.41, 5.74) is 2.61. The molecule has 0 amide bonds. The van der Waals surface area contributed by atoms with E-state index in [-0.39, 0.29) is 12.8 Å². The smallest absolute Gasteiger partial charge is 0.389 e. The Balaban J connectivity index is 4.26. The van der Waals surface area contributed by atoms with Crippen molar-refractivity contribution in [2.75, 3.05) is 12.8 Å². The highest BCUT2D eigenvalue weighted by Gasteiger charge is 2.31. The molecule has 138 valence electrons. The van der Waals surface area contributed by atoms with Gasteiger partial charge in [-0.25, -0.2) is 4.79 Å². The fraction of sp³-hybridized carbons (Fsp3) is 0.632. The van der Waals surface area contributed by atoms with Gasteiger partial charge in [0.25, 0.3) is 0 Å². The first-order valence-corrected chi connectivity index (χ1v) is 10.4. The number of rotatable bonds is 12. The lowest BCUT2D eigenvalue weighted by molar-refractivity contribution is 0.210. The van der Waals surface area contributed by atoms with Gasteiger partial charge in [-0.05, 0) is 66.7 Å². The highest BCUT2D eigenvalue weighted by Crippen LogP contribution is 2.48. The topological polar surface area (TPSA) is 63.6 Å². The van der Waals surface area contributed by atoms with Crippen molar-refractivity contribution in [1.82, 2.24) is 0 Å². The van der Waals surface area contributed by atoms with E-state index in [0.29, 0.717) is 6.42 Å². The number of hydrogen-bond donors (Lipinski definition) is 1. The van der Waals surface area contributed by atoms with Crippen LogP contribution in [0.4, 0.5) is 4.79 Å². The quantitative estimate of drug-likeness (QED) is 0.309. The monoisotopic (exact) mass is 356 g/mol. The number of allylic oxidation sites excluding steroid dienone is 6. The SMILES string of the molecule is CCOP(=O)(CCC=C(C)CCC=C(C)CCC=C(C)C)C(=O)O. The fourth-order valence-corrected chi connectivity index (χ4v) is 3.56. The minimum Gasteiger partial charge on any atom is -0.474 e. The van der Waals surface area contributed by atoms with E-state index in [1.807, 2.05) is 13.0 Å². The summed E-state index contributed by atoms with van der Waals surface area (Å²) < 4.78 is 17.0. The average molecular weight is 356 g/mol. The average Bonchev–Trinajstić information content (AvgIpc) is 2.46. The van der Waals surface area contributed by atoms with Gasteiger partial charge in [0, 0.05) is 6.16 Å². The third-order valence-corrected chi connectivity index (χ3v) is 5.77. The maximum Gasteiger partial charge on any atom is 0.389 e. The molecule has 0 spiro atoms. The van der Waals surface area contributed by atoms with Gasteiger partial charge in [-0.3, -0.25) is 4.57 Å². The van der Waals surface area contributed by atoms with E-state index in [9.17, 15) is 9.36 Å². The molecule has 0 bridgehead atoms. The third-order valence-electron chi connectivity index (χ3n) is 3.67. The Kier molecular flexibility index (Phi) is 11.7. The van der Waals surface area contributed by atoms with Crippen molar-refractivity contribution in [2.24, 2.45) is 0 Å². The standard InChI is InChI=1S/C19H33O4P/c1-6-23-24(22,19(20)21)15-9-14-18(5)13-8-12-17(4)11-7-10-16(2)3/h10,12,14H,6-9,11,13,15H2,1-5H3,(H,20,21). The van der Waals surface area contributed by atoms with Gasteiger partial charge in [0.2, 0.25) is 0 Å². The van der Waals surface area contributed by atoms with E-state index in [1.165, 1.54) is 16.7 Å². The Morgan fingerprint density at radius 2 is 1.46 bits per heavy atom. The van der Waals surface area contributed by atoms with Gasteiger partial charge < -0.3 is 9.63 Å². The molecule has 0 aromatic heterocycles. The van der Waals surface area contributed by atoms with E-state index in [4.69, 9.17) is 9.63 Å². The Labute approximate surface area is 147 Å². The summed E-state index contributed by atoms with van der Waals surface area (Å²) >= 11 is 0. The molecule has 5 heteroatoms. The maximum absolute atomic E-state index is 12.1. The van der Waals surface area contributed by atoms with Crippen LogP contribution in [0.3, 0.4) is 0 Å². The van der Waals surface area contributed by atoms with Crippen LogP contribution in [-0.2, 0) is 9.09 Å². The fourth-order valence-electron chi connectivity index (χ4n) is 2.24. The Hall–Kier alpha value is -1.12. The van der Waals surface area contributed by atoms with E-state index in [0.717, 1.165) is 25.7 Å². The third kappa shape index (κ3) is 10.6. The van der Waals surface area contributed by atoms with Crippen LogP contribution in [-0.4, -0.2) is 23.6 Å². The van der Waals surface area contributed by atoms with Gasteiger partial charge in [-0.15, -0.1) is 0 Å². The molecule has 0 saturated heterocycles. The molecule has 24 heavy (non-hydrogen) atoms. The molecule has 0 aromatic carbocycles. The molecule has 0 aliphatic heterocycles. The number of carbonyl (C=O) groups is 1. The second-order valence-corrected chi connectivity index (χ2v) is 8.78. The van der Waals surface area contributed by atoms with Crippen molar-refractivity contribution in [3.05, 3.63) is 34.9 Å². The summed E-state index contributed by atoms with van der Waals surface area (Å²) in [4.78, 5) is 11.0. The molecule has 0 radical (unpaired) electrons. The first kappa shape index (κ1) is 22.9. The van der Waals surface area contributed by atoms with Gasteiger partial charge in [-0.1, -0.05) is 34.9 Å². The van der Waals surface area contributed by atoms with E-state index < -0.39 is 13.1 Å². The summed E-state index contributed by atoms with van der Waals surface area (Å²) in [6.45, 7) is 10.2. The summed E-state index contributed by atoms with van der Waals surface area (Å²) in [5.74, 6) is 0. The maximum atomic E-state index is 12.1. The second-order valence-electron chi connectivity index (χ2n) is 6.35. The highest BCUT2D eigenvalue weighted by molar-refractivity contribution is 7.75. The largest absolute Gasteiger partial charge is 0.474 e. The summed E-state index contributed by atoms with van der Waals surface area (Å²) in [6, 6.07) is 0. The van der Waals surface area contributed by atoms with Crippen molar-refractivity contribution >= 4 is 13.1 Å². The zero-order chi connectivity index (χ0) is 18.6. The normalized spacial score (nSPS) is 15.0. The predicted octanol–water partition coefficient (Wildman–Crippen LogP) is 6.79. The number of hydrogen-bond acceptors (Lipinski definition) is 3. The molecule has 4 nitrogen and oxygen atoms in total. The van der Waals surface area contributed by atoms with Gasteiger partial charge in [-0.2, -0.15) is 0 Å². The molecule has 0 rings (SSSR count). The molecular weight excluding hydrogens is 323 g/mol. The lowest BCUT2D eigenvalue weighted by Gasteiger charge is -2.11. The molecule has 0 fully saturated rings. The van der Waals surface area contributed by atoms with Crippen molar-refractivity contribution in [1.29, 1.82) is 0 Å². The summed E-state index contributed by atoms with van der Waals surface area (Å²) in [7, 11) is -3.56. The summed E-state index contributed by atoms with van der Waals surface area (Å²) in [6.07, 6.45) is 11.1. The van der Waals surface area contributed by atoms with Crippen LogP contribution in [0.5, 0.6) is 0 Å². The first-order chi connectivity index (χ1) is 11.2.